The Bertz CT molecular complexity index is 782. The molecule has 1 atom stereocenters. The summed E-state index contributed by atoms with van der Waals surface area (Å²) in [6, 6.07) is 17.7. The molecule has 1 aliphatic rings. The van der Waals surface area contributed by atoms with E-state index in [-0.39, 0.29) is 17.0 Å². The molecule has 5 heteroatoms. The van der Waals surface area contributed by atoms with Crippen LogP contribution in [0.15, 0.2) is 77.2 Å². The van der Waals surface area contributed by atoms with Crippen LogP contribution in [0.4, 0.5) is 5.69 Å². The van der Waals surface area contributed by atoms with Gasteiger partial charge in [-0.25, -0.2) is 0 Å². The van der Waals surface area contributed by atoms with Crippen molar-refractivity contribution in [2.75, 3.05) is 4.90 Å². The molecule has 3 rings (SSSR count). The smallest absolute Gasteiger partial charge is 0.264 e. The third-order valence-electron chi connectivity index (χ3n) is 3.87. The van der Waals surface area contributed by atoms with Gasteiger partial charge >= 0.3 is 0 Å². The number of oxime groups is 1. The van der Waals surface area contributed by atoms with E-state index in [1.54, 1.807) is 12.1 Å². The van der Waals surface area contributed by atoms with Crippen LogP contribution in [0, 0.1) is 0 Å². The fourth-order valence-electron chi connectivity index (χ4n) is 2.79. The first kappa shape index (κ1) is 14.8. The lowest BCUT2D eigenvalue weighted by Gasteiger charge is -2.25. The predicted molar refractivity (Wildman–Crippen MR) is 87.7 cm³/mol. The number of benzene rings is 2. The van der Waals surface area contributed by atoms with Crippen molar-refractivity contribution in [1.29, 1.82) is 0 Å². The summed E-state index contributed by atoms with van der Waals surface area (Å²) in [4.78, 5) is 14.3. The molecule has 1 aliphatic heterocycles. The van der Waals surface area contributed by atoms with Gasteiger partial charge in [0.1, 0.15) is 17.4 Å². The zero-order valence-electron chi connectivity index (χ0n) is 12.5. The van der Waals surface area contributed by atoms with Crippen LogP contribution in [0.5, 0.6) is 0 Å². The van der Waals surface area contributed by atoms with Crippen molar-refractivity contribution in [1.82, 2.24) is 0 Å². The Labute approximate surface area is 133 Å². The first-order chi connectivity index (χ1) is 11.1. The minimum Gasteiger partial charge on any atom is -0.509 e. The zero-order chi connectivity index (χ0) is 16.4. The molecule has 0 saturated carbocycles. The molecule has 2 N–H and O–H groups in total. The van der Waals surface area contributed by atoms with Gasteiger partial charge in [-0.05, 0) is 24.6 Å². The second-order valence-electron chi connectivity index (χ2n) is 5.27. The highest BCUT2D eigenvalue weighted by Crippen LogP contribution is 2.40. The molecule has 0 radical (unpaired) electrons. The third-order valence-corrected chi connectivity index (χ3v) is 3.87. The summed E-state index contributed by atoms with van der Waals surface area (Å²) < 4.78 is 0. The highest BCUT2D eigenvalue weighted by molar-refractivity contribution is 6.28. The second-order valence-corrected chi connectivity index (χ2v) is 5.27. The van der Waals surface area contributed by atoms with Crippen LogP contribution >= 0.6 is 0 Å². The number of hydrogen-bond acceptors (Lipinski definition) is 4. The average molecular weight is 308 g/mol. The number of rotatable bonds is 3. The Morgan fingerprint density at radius 3 is 2.17 bits per heavy atom. The van der Waals surface area contributed by atoms with Gasteiger partial charge in [-0.1, -0.05) is 53.7 Å². The highest BCUT2D eigenvalue weighted by Gasteiger charge is 2.42. The molecule has 2 aromatic carbocycles. The van der Waals surface area contributed by atoms with E-state index in [0.29, 0.717) is 5.69 Å². The molecule has 0 spiro atoms. The van der Waals surface area contributed by atoms with Crippen molar-refractivity contribution < 1.29 is 15.1 Å². The molecule has 0 aromatic heterocycles. The molecule has 0 bridgehead atoms. The van der Waals surface area contributed by atoms with Crippen LogP contribution in [0.1, 0.15) is 18.5 Å². The molecule has 0 saturated heterocycles. The molecule has 2 aromatic rings. The number of aliphatic hydroxyl groups is 1. The Morgan fingerprint density at radius 1 is 1.04 bits per heavy atom. The number of amides is 1. The topological polar surface area (TPSA) is 73.1 Å². The summed E-state index contributed by atoms with van der Waals surface area (Å²) in [7, 11) is 0. The molecule has 23 heavy (non-hydrogen) atoms. The van der Waals surface area contributed by atoms with Crippen molar-refractivity contribution in [3.05, 3.63) is 77.6 Å². The van der Waals surface area contributed by atoms with E-state index in [1.165, 1.54) is 11.8 Å². The normalized spacial score (nSPS) is 18.7. The largest absolute Gasteiger partial charge is 0.509 e. The minimum atomic E-state index is -0.641. The van der Waals surface area contributed by atoms with Gasteiger partial charge in [0.05, 0.1) is 5.71 Å². The van der Waals surface area contributed by atoms with Gasteiger partial charge < -0.3 is 10.3 Å². The summed E-state index contributed by atoms with van der Waals surface area (Å²) in [6.07, 6.45) is 0. The average Bonchev–Trinajstić information content (AvgIpc) is 2.86. The quantitative estimate of drug-likeness (QED) is 0.518. The molecular formula is C18H16N2O3. The van der Waals surface area contributed by atoms with E-state index < -0.39 is 11.9 Å². The van der Waals surface area contributed by atoms with Gasteiger partial charge in [-0.3, -0.25) is 9.69 Å². The molecule has 1 heterocycles. The standard InChI is InChI=1S/C18H16N2O3/c1-12(19-23)15-17(21)16(13-8-4-2-5-9-13)20(18(15)22)14-10-6-3-7-11-14/h2-11,16,21,23H,1H3. The summed E-state index contributed by atoms with van der Waals surface area (Å²) in [5, 5.41) is 22.7. The first-order valence-corrected chi connectivity index (χ1v) is 7.21. The van der Waals surface area contributed by atoms with Crippen LogP contribution in [0.2, 0.25) is 0 Å². The monoisotopic (exact) mass is 308 g/mol. The maximum absolute atomic E-state index is 12.8. The number of nitrogens with zero attached hydrogens (tertiary/aromatic N) is 2. The number of anilines is 1. The second kappa shape index (κ2) is 5.96. The van der Waals surface area contributed by atoms with Crippen LogP contribution in [-0.2, 0) is 4.79 Å². The van der Waals surface area contributed by atoms with Crippen LogP contribution < -0.4 is 4.90 Å². The third kappa shape index (κ3) is 2.46. The predicted octanol–water partition coefficient (Wildman–Crippen LogP) is 3.44. The molecular weight excluding hydrogens is 292 g/mol. The number of para-hydroxylation sites is 1. The van der Waals surface area contributed by atoms with Gasteiger partial charge in [0, 0.05) is 5.69 Å². The molecule has 5 nitrogen and oxygen atoms in total. The summed E-state index contributed by atoms with van der Waals surface area (Å²) in [6.45, 7) is 1.49. The van der Waals surface area contributed by atoms with Crippen molar-refractivity contribution in [3.63, 3.8) is 0 Å². The van der Waals surface area contributed by atoms with Gasteiger partial charge in [0.25, 0.3) is 5.91 Å². The van der Waals surface area contributed by atoms with E-state index >= 15 is 0 Å². The summed E-state index contributed by atoms with van der Waals surface area (Å²) in [5.41, 5.74) is 1.57. The van der Waals surface area contributed by atoms with E-state index in [9.17, 15) is 9.90 Å². The maximum Gasteiger partial charge on any atom is 0.264 e. The molecule has 1 amide bonds. The highest BCUT2D eigenvalue weighted by atomic mass is 16.4. The van der Waals surface area contributed by atoms with Crippen molar-refractivity contribution in [2.24, 2.45) is 5.16 Å². The fourth-order valence-corrected chi connectivity index (χ4v) is 2.79. The Kier molecular flexibility index (Phi) is 3.85. The SMILES string of the molecule is CC(=NO)C1=C(O)C(c2ccccc2)N(c2ccccc2)C1=O. The van der Waals surface area contributed by atoms with E-state index in [2.05, 4.69) is 5.16 Å². The lowest BCUT2D eigenvalue weighted by Crippen LogP contribution is -2.31. The molecule has 0 aliphatic carbocycles. The lowest BCUT2D eigenvalue weighted by molar-refractivity contribution is -0.114. The first-order valence-electron chi connectivity index (χ1n) is 7.21. The van der Waals surface area contributed by atoms with Crippen molar-refractivity contribution in [3.8, 4) is 0 Å². The van der Waals surface area contributed by atoms with Gasteiger partial charge in [0.15, 0.2) is 0 Å². The zero-order valence-corrected chi connectivity index (χ0v) is 12.5. The molecule has 116 valence electrons. The summed E-state index contributed by atoms with van der Waals surface area (Å²) >= 11 is 0. The maximum atomic E-state index is 12.8. The minimum absolute atomic E-state index is 0.0326. The van der Waals surface area contributed by atoms with E-state index in [1.807, 2.05) is 48.5 Å². The fraction of sp³-hybridized carbons (Fsp3) is 0.111. The number of carbonyl (C=O) groups is 1. The number of carbonyl (C=O) groups excluding carboxylic acids is 1. The van der Waals surface area contributed by atoms with E-state index in [0.717, 1.165) is 5.56 Å². The van der Waals surface area contributed by atoms with Crippen LogP contribution in [0.25, 0.3) is 0 Å². The number of aliphatic hydroxyl groups excluding tert-OH is 1. The molecule has 1 unspecified atom stereocenters. The molecule has 0 fully saturated rings. The van der Waals surface area contributed by atoms with Crippen molar-refractivity contribution in [2.45, 2.75) is 13.0 Å². The van der Waals surface area contributed by atoms with E-state index in [4.69, 9.17) is 5.21 Å². The Morgan fingerprint density at radius 2 is 1.61 bits per heavy atom. The van der Waals surface area contributed by atoms with Gasteiger partial charge in [0.2, 0.25) is 0 Å². The Balaban J connectivity index is 2.17. The van der Waals surface area contributed by atoms with Gasteiger partial charge in [-0.15, -0.1) is 0 Å². The van der Waals surface area contributed by atoms with Crippen molar-refractivity contribution >= 4 is 17.3 Å². The van der Waals surface area contributed by atoms with Crippen LogP contribution in [0.3, 0.4) is 0 Å². The summed E-state index contributed by atoms with van der Waals surface area (Å²) in [5.74, 6) is -0.502. The van der Waals surface area contributed by atoms with Crippen LogP contribution in [-0.4, -0.2) is 21.9 Å². The number of hydrogen-bond donors (Lipinski definition) is 2. The lowest BCUT2D eigenvalue weighted by atomic mass is 10.0. The Hall–Kier alpha value is -3.08. The van der Waals surface area contributed by atoms with Gasteiger partial charge in [-0.2, -0.15) is 0 Å².